The molecule has 1 N–H and O–H groups in total. The number of aromatic carboxylic acids is 1. The molecule has 0 aliphatic rings. The summed E-state index contributed by atoms with van der Waals surface area (Å²) < 4.78 is 0. The first-order chi connectivity index (χ1) is 9.67. The van der Waals surface area contributed by atoms with Crippen molar-refractivity contribution in [3.63, 3.8) is 0 Å². The first kappa shape index (κ1) is 13.9. The Morgan fingerprint density at radius 3 is 2.55 bits per heavy atom. The van der Waals surface area contributed by atoms with E-state index in [-0.39, 0.29) is 5.56 Å². The van der Waals surface area contributed by atoms with Gasteiger partial charge < -0.3 is 10.0 Å². The van der Waals surface area contributed by atoms with E-state index in [0.717, 1.165) is 0 Å². The van der Waals surface area contributed by atoms with Crippen molar-refractivity contribution < 1.29 is 9.90 Å². The maximum atomic E-state index is 11.3. The topological polar surface area (TPSA) is 79.2 Å². The Labute approximate surface area is 117 Å². The molecule has 0 saturated carbocycles. The molecule has 104 valence electrons. The molecule has 2 rings (SSSR count). The Bertz CT molecular complexity index is 597. The van der Waals surface area contributed by atoms with Crippen molar-refractivity contribution in [2.24, 2.45) is 0 Å². The van der Waals surface area contributed by atoms with Gasteiger partial charge in [-0.2, -0.15) is 0 Å². The Hall–Kier alpha value is -2.50. The van der Waals surface area contributed by atoms with Crippen LogP contribution in [0, 0.1) is 0 Å². The predicted octanol–water partition coefficient (Wildman–Crippen LogP) is 2.08. The summed E-state index contributed by atoms with van der Waals surface area (Å²) >= 11 is 0. The summed E-state index contributed by atoms with van der Waals surface area (Å²) in [5.41, 5.74) is 0.728. The van der Waals surface area contributed by atoms with Crippen LogP contribution in [0.25, 0.3) is 11.5 Å². The molecule has 6 heteroatoms. The van der Waals surface area contributed by atoms with E-state index in [1.807, 2.05) is 24.8 Å². The number of nitrogens with zero attached hydrogens (tertiary/aromatic N) is 4. The minimum Gasteiger partial charge on any atom is -0.477 e. The molecule has 20 heavy (non-hydrogen) atoms. The lowest BCUT2D eigenvalue weighted by atomic mass is 10.2. The van der Waals surface area contributed by atoms with Crippen LogP contribution in [0.2, 0.25) is 0 Å². The number of rotatable bonds is 5. The largest absolute Gasteiger partial charge is 0.477 e. The summed E-state index contributed by atoms with van der Waals surface area (Å²) in [6.07, 6.45) is 2.99. The Morgan fingerprint density at radius 2 is 2.00 bits per heavy atom. The van der Waals surface area contributed by atoms with Crippen LogP contribution < -0.4 is 4.90 Å². The van der Waals surface area contributed by atoms with Crippen molar-refractivity contribution in [2.75, 3.05) is 18.0 Å². The molecule has 0 atom stereocenters. The molecule has 0 spiro atoms. The summed E-state index contributed by atoms with van der Waals surface area (Å²) in [6, 6.07) is 5.44. The molecule has 0 aromatic carbocycles. The highest BCUT2D eigenvalue weighted by Crippen LogP contribution is 2.21. The second-order valence-electron chi connectivity index (χ2n) is 4.12. The lowest BCUT2D eigenvalue weighted by Crippen LogP contribution is -2.26. The van der Waals surface area contributed by atoms with Gasteiger partial charge in [-0.1, -0.05) is 6.07 Å². The highest BCUT2D eigenvalue weighted by atomic mass is 16.4. The number of pyridine rings is 1. The van der Waals surface area contributed by atoms with Gasteiger partial charge in [0.15, 0.2) is 5.82 Å². The third-order valence-corrected chi connectivity index (χ3v) is 2.96. The van der Waals surface area contributed by atoms with Gasteiger partial charge in [0.1, 0.15) is 17.1 Å². The quantitative estimate of drug-likeness (QED) is 0.897. The fraction of sp³-hybridized carbons (Fsp3) is 0.286. The van der Waals surface area contributed by atoms with Crippen molar-refractivity contribution in [2.45, 2.75) is 13.8 Å². The SMILES string of the molecule is CCN(CC)c1nc(-c2ccccn2)ncc1C(=O)O. The molecule has 2 aromatic rings. The van der Waals surface area contributed by atoms with Gasteiger partial charge in [-0.25, -0.2) is 14.8 Å². The summed E-state index contributed by atoms with van der Waals surface area (Å²) in [7, 11) is 0. The molecule has 0 radical (unpaired) electrons. The fourth-order valence-electron chi connectivity index (χ4n) is 1.91. The second kappa shape index (κ2) is 6.10. The molecule has 0 aliphatic carbocycles. The van der Waals surface area contributed by atoms with E-state index in [1.165, 1.54) is 6.20 Å². The van der Waals surface area contributed by atoms with Gasteiger partial charge >= 0.3 is 5.97 Å². The van der Waals surface area contributed by atoms with Gasteiger partial charge in [0.2, 0.25) is 0 Å². The zero-order chi connectivity index (χ0) is 14.5. The maximum absolute atomic E-state index is 11.3. The van der Waals surface area contributed by atoms with Crippen molar-refractivity contribution in [3.05, 3.63) is 36.2 Å². The maximum Gasteiger partial charge on any atom is 0.341 e. The van der Waals surface area contributed by atoms with Gasteiger partial charge in [-0.05, 0) is 26.0 Å². The molecular formula is C14H16N4O2. The normalized spacial score (nSPS) is 10.3. The number of aromatic nitrogens is 3. The Kier molecular flexibility index (Phi) is 4.24. The molecule has 0 aliphatic heterocycles. The van der Waals surface area contributed by atoms with Gasteiger partial charge in [0.05, 0.1) is 0 Å². The van der Waals surface area contributed by atoms with E-state index in [4.69, 9.17) is 0 Å². The number of anilines is 1. The monoisotopic (exact) mass is 272 g/mol. The van der Waals surface area contributed by atoms with Crippen LogP contribution in [0.4, 0.5) is 5.82 Å². The van der Waals surface area contributed by atoms with E-state index < -0.39 is 5.97 Å². The highest BCUT2D eigenvalue weighted by Gasteiger charge is 2.18. The first-order valence-electron chi connectivity index (χ1n) is 6.44. The lowest BCUT2D eigenvalue weighted by molar-refractivity contribution is 0.0696. The molecule has 2 heterocycles. The molecule has 0 amide bonds. The number of hydrogen-bond acceptors (Lipinski definition) is 5. The van der Waals surface area contributed by atoms with Crippen LogP contribution >= 0.6 is 0 Å². The van der Waals surface area contributed by atoms with Crippen LogP contribution in [0.15, 0.2) is 30.6 Å². The average Bonchev–Trinajstić information content (AvgIpc) is 2.49. The third kappa shape index (κ3) is 2.74. The van der Waals surface area contributed by atoms with Crippen LogP contribution in [0.5, 0.6) is 0 Å². The van der Waals surface area contributed by atoms with Crippen molar-refractivity contribution in [3.8, 4) is 11.5 Å². The minimum absolute atomic E-state index is 0.105. The molecule has 2 aromatic heterocycles. The molecule has 0 fully saturated rings. The molecular weight excluding hydrogens is 256 g/mol. The summed E-state index contributed by atoms with van der Waals surface area (Å²) in [5, 5.41) is 9.24. The van der Waals surface area contributed by atoms with E-state index in [2.05, 4.69) is 15.0 Å². The number of carbonyl (C=O) groups is 1. The number of carboxylic acid groups (broad SMARTS) is 1. The standard InChI is InChI=1S/C14H16N4O2/c1-3-18(4-2)13-10(14(19)20)9-16-12(17-13)11-7-5-6-8-15-11/h5-9H,3-4H2,1-2H3,(H,19,20). The first-order valence-corrected chi connectivity index (χ1v) is 6.44. The predicted molar refractivity (Wildman–Crippen MR) is 75.8 cm³/mol. The molecule has 0 bridgehead atoms. The highest BCUT2D eigenvalue weighted by molar-refractivity contribution is 5.93. The van der Waals surface area contributed by atoms with E-state index in [1.54, 1.807) is 18.3 Å². The number of hydrogen-bond donors (Lipinski definition) is 1. The minimum atomic E-state index is -1.03. The lowest BCUT2D eigenvalue weighted by Gasteiger charge is -2.21. The van der Waals surface area contributed by atoms with E-state index in [0.29, 0.717) is 30.4 Å². The van der Waals surface area contributed by atoms with Crippen molar-refractivity contribution in [1.82, 2.24) is 15.0 Å². The molecule has 0 saturated heterocycles. The Balaban J connectivity index is 2.54. The average molecular weight is 272 g/mol. The van der Waals surface area contributed by atoms with Crippen molar-refractivity contribution >= 4 is 11.8 Å². The van der Waals surface area contributed by atoms with Gasteiger partial charge in [0, 0.05) is 25.5 Å². The zero-order valence-corrected chi connectivity index (χ0v) is 11.4. The molecule has 0 unspecified atom stereocenters. The van der Waals surface area contributed by atoms with Gasteiger partial charge in [-0.3, -0.25) is 4.98 Å². The third-order valence-electron chi connectivity index (χ3n) is 2.96. The zero-order valence-electron chi connectivity index (χ0n) is 11.4. The van der Waals surface area contributed by atoms with E-state index in [9.17, 15) is 9.90 Å². The Morgan fingerprint density at radius 1 is 1.25 bits per heavy atom. The second-order valence-corrected chi connectivity index (χ2v) is 4.12. The summed E-state index contributed by atoms with van der Waals surface area (Å²) in [5.74, 6) is -0.171. The number of carboxylic acids is 1. The molecule has 6 nitrogen and oxygen atoms in total. The fourth-order valence-corrected chi connectivity index (χ4v) is 1.91. The van der Waals surface area contributed by atoms with Crippen LogP contribution in [0.3, 0.4) is 0 Å². The van der Waals surface area contributed by atoms with Gasteiger partial charge in [0.25, 0.3) is 0 Å². The van der Waals surface area contributed by atoms with Crippen molar-refractivity contribution in [1.29, 1.82) is 0 Å². The van der Waals surface area contributed by atoms with Crippen LogP contribution in [-0.4, -0.2) is 39.1 Å². The van der Waals surface area contributed by atoms with E-state index >= 15 is 0 Å². The smallest absolute Gasteiger partial charge is 0.341 e. The summed E-state index contributed by atoms with van der Waals surface area (Å²) in [6.45, 7) is 5.26. The summed E-state index contributed by atoms with van der Waals surface area (Å²) in [4.78, 5) is 25.8. The van der Waals surface area contributed by atoms with Crippen LogP contribution in [-0.2, 0) is 0 Å². The van der Waals surface area contributed by atoms with Gasteiger partial charge in [-0.15, -0.1) is 0 Å². The van der Waals surface area contributed by atoms with Crippen LogP contribution in [0.1, 0.15) is 24.2 Å².